The van der Waals surface area contributed by atoms with Crippen molar-refractivity contribution in [3.63, 3.8) is 0 Å². The summed E-state index contributed by atoms with van der Waals surface area (Å²) in [7, 11) is 0. The van der Waals surface area contributed by atoms with E-state index >= 15 is 0 Å². The van der Waals surface area contributed by atoms with Crippen LogP contribution < -0.4 is 5.32 Å². The molecule has 8 heteroatoms. The molecule has 8 nitrogen and oxygen atoms in total. The van der Waals surface area contributed by atoms with Crippen molar-refractivity contribution >= 4 is 5.91 Å². The molecule has 22 heavy (non-hydrogen) atoms. The van der Waals surface area contributed by atoms with Gasteiger partial charge >= 0.3 is 0 Å². The van der Waals surface area contributed by atoms with E-state index in [2.05, 4.69) is 5.32 Å². The van der Waals surface area contributed by atoms with E-state index in [0.29, 0.717) is 6.61 Å². The molecule has 0 aromatic rings. The van der Waals surface area contributed by atoms with Gasteiger partial charge < -0.3 is 34.5 Å². The van der Waals surface area contributed by atoms with Gasteiger partial charge in [0.1, 0.15) is 24.4 Å². The molecule has 126 valence electrons. The number of ether oxygens (including phenoxy) is 4. The SMILES string of the molecule is CC(=O)N[C@@H]1C[C@]2(CO)O[C@@H]([C@H]1O)[C@@H]([C@H]1COC(C)(C)O1)O2. The molecule has 3 heterocycles. The Hall–Kier alpha value is -0.770. The number of aliphatic hydroxyl groups excluding tert-OH is 2. The third-order valence-electron chi connectivity index (χ3n) is 4.33. The van der Waals surface area contributed by atoms with Gasteiger partial charge in [-0.3, -0.25) is 4.79 Å². The highest BCUT2D eigenvalue weighted by Crippen LogP contribution is 2.43. The van der Waals surface area contributed by atoms with E-state index in [4.69, 9.17) is 18.9 Å². The fourth-order valence-corrected chi connectivity index (χ4v) is 3.40. The summed E-state index contributed by atoms with van der Waals surface area (Å²) in [6.07, 6.45) is -2.43. The Bertz CT molecular complexity index is 456. The first-order valence-electron chi connectivity index (χ1n) is 7.49. The Morgan fingerprint density at radius 2 is 1.95 bits per heavy atom. The van der Waals surface area contributed by atoms with Crippen LogP contribution in [0.1, 0.15) is 27.2 Å². The van der Waals surface area contributed by atoms with Crippen LogP contribution >= 0.6 is 0 Å². The van der Waals surface area contributed by atoms with Crippen molar-refractivity contribution in [3.8, 4) is 0 Å². The first-order valence-corrected chi connectivity index (χ1v) is 7.49. The highest BCUT2D eigenvalue weighted by atomic mass is 16.8. The zero-order valence-corrected chi connectivity index (χ0v) is 12.9. The van der Waals surface area contributed by atoms with Gasteiger partial charge in [0.05, 0.1) is 19.3 Å². The monoisotopic (exact) mass is 317 g/mol. The summed E-state index contributed by atoms with van der Waals surface area (Å²) < 4.78 is 23.0. The minimum Gasteiger partial charge on any atom is -0.391 e. The lowest BCUT2D eigenvalue weighted by Gasteiger charge is -2.38. The van der Waals surface area contributed by atoms with Gasteiger partial charge in [0.25, 0.3) is 0 Å². The van der Waals surface area contributed by atoms with Gasteiger partial charge in [-0.1, -0.05) is 0 Å². The second kappa shape index (κ2) is 5.40. The highest BCUT2D eigenvalue weighted by molar-refractivity contribution is 5.73. The lowest BCUT2D eigenvalue weighted by atomic mass is 9.92. The van der Waals surface area contributed by atoms with Gasteiger partial charge in [-0.25, -0.2) is 0 Å². The van der Waals surface area contributed by atoms with Crippen LogP contribution in [0.15, 0.2) is 0 Å². The lowest BCUT2D eigenvalue weighted by Crippen LogP contribution is -2.58. The van der Waals surface area contributed by atoms with E-state index in [-0.39, 0.29) is 18.9 Å². The minimum absolute atomic E-state index is 0.175. The lowest BCUT2D eigenvalue weighted by molar-refractivity contribution is -0.238. The quantitative estimate of drug-likeness (QED) is 0.605. The average Bonchev–Trinajstić information content (AvgIpc) is 2.95. The number of fused-ring (bicyclic) bond motifs is 2. The van der Waals surface area contributed by atoms with Gasteiger partial charge in [-0.2, -0.15) is 0 Å². The molecule has 3 N–H and O–H groups in total. The molecule has 3 aliphatic rings. The van der Waals surface area contributed by atoms with Crippen LogP contribution in [0.25, 0.3) is 0 Å². The predicted molar refractivity (Wildman–Crippen MR) is 72.7 cm³/mol. The van der Waals surface area contributed by atoms with E-state index in [0.717, 1.165) is 0 Å². The second-order valence-corrected chi connectivity index (χ2v) is 6.60. The third-order valence-corrected chi connectivity index (χ3v) is 4.33. The maximum absolute atomic E-state index is 11.3. The van der Waals surface area contributed by atoms with Crippen LogP contribution in [0.5, 0.6) is 0 Å². The molecule has 2 bridgehead atoms. The summed E-state index contributed by atoms with van der Waals surface area (Å²) in [6.45, 7) is 4.93. The smallest absolute Gasteiger partial charge is 0.217 e. The highest BCUT2D eigenvalue weighted by Gasteiger charge is 2.60. The number of carbonyl (C=O) groups excluding carboxylic acids is 1. The molecule has 3 aliphatic heterocycles. The summed E-state index contributed by atoms with van der Waals surface area (Å²) in [6, 6.07) is -0.538. The number of rotatable bonds is 3. The fourth-order valence-electron chi connectivity index (χ4n) is 3.40. The number of nitrogens with one attached hydrogen (secondary N) is 1. The molecule has 3 fully saturated rings. The largest absolute Gasteiger partial charge is 0.391 e. The average molecular weight is 317 g/mol. The van der Waals surface area contributed by atoms with Gasteiger partial charge in [0, 0.05) is 13.3 Å². The predicted octanol–water partition coefficient (Wildman–Crippen LogP) is -1.12. The second-order valence-electron chi connectivity index (χ2n) is 6.60. The fraction of sp³-hybridized carbons (Fsp3) is 0.929. The van der Waals surface area contributed by atoms with Crippen molar-refractivity contribution < 1.29 is 34.0 Å². The third kappa shape index (κ3) is 2.75. The summed E-state index contributed by atoms with van der Waals surface area (Å²) in [5, 5.41) is 22.8. The summed E-state index contributed by atoms with van der Waals surface area (Å²) in [5.41, 5.74) is 0. The maximum atomic E-state index is 11.3. The van der Waals surface area contributed by atoms with Crippen LogP contribution in [-0.2, 0) is 23.7 Å². The van der Waals surface area contributed by atoms with Gasteiger partial charge in [-0.05, 0) is 13.8 Å². The molecule has 0 spiro atoms. The molecule has 0 aromatic carbocycles. The molecule has 1 amide bonds. The number of hydrogen-bond acceptors (Lipinski definition) is 7. The van der Waals surface area contributed by atoms with Gasteiger partial charge in [0.2, 0.25) is 5.91 Å². The standard InChI is InChI=1S/C14H23NO7/c1-7(17)15-8-4-14(6-16)21-11(12(22-14)10(8)18)9-5-19-13(2,3)20-9/h8-12,16,18H,4-6H2,1-3H3,(H,15,17)/t8-,9-,10+,11-,12+,14-/m1/s1. The zero-order chi connectivity index (χ0) is 16.1. The summed E-state index contributed by atoms with van der Waals surface area (Å²) in [4.78, 5) is 11.3. The zero-order valence-electron chi connectivity index (χ0n) is 12.9. The number of amides is 1. The van der Waals surface area contributed by atoms with E-state index in [1.54, 1.807) is 13.8 Å². The normalized spacial score (nSPS) is 46.7. The van der Waals surface area contributed by atoms with E-state index in [1.165, 1.54) is 6.92 Å². The van der Waals surface area contributed by atoms with Gasteiger partial charge in [-0.15, -0.1) is 0 Å². The van der Waals surface area contributed by atoms with E-state index < -0.39 is 42.0 Å². The topological polar surface area (TPSA) is 106 Å². The van der Waals surface area contributed by atoms with Crippen LogP contribution in [-0.4, -0.2) is 71.4 Å². The van der Waals surface area contributed by atoms with Crippen molar-refractivity contribution in [3.05, 3.63) is 0 Å². The van der Waals surface area contributed by atoms with Crippen molar-refractivity contribution in [1.82, 2.24) is 5.32 Å². The van der Waals surface area contributed by atoms with Crippen LogP contribution in [0.3, 0.4) is 0 Å². The molecule has 0 aromatic heterocycles. The van der Waals surface area contributed by atoms with Crippen molar-refractivity contribution in [2.75, 3.05) is 13.2 Å². The van der Waals surface area contributed by atoms with Crippen LogP contribution in [0.4, 0.5) is 0 Å². The first-order chi connectivity index (χ1) is 10.3. The molecular weight excluding hydrogens is 294 g/mol. The first kappa shape index (κ1) is 16.1. The van der Waals surface area contributed by atoms with Crippen LogP contribution in [0, 0.1) is 0 Å². The molecule has 0 radical (unpaired) electrons. The van der Waals surface area contributed by atoms with E-state index in [9.17, 15) is 15.0 Å². The van der Waals surface area contributed by atoms with Crippen LogP contribution in [0.2, 0.25) is 0 Å². The molecule has 0 saturated carbocycles. The Morgan fingerprint density at radius 3 is 2.50 bits per heavy atom. The Balaban J connectivity index is 1.80. The Labute approximate surface area is 128 Å². The molecule has 0 unspecified atom stereocenters. The summed E-state index contributed by atoms with van der Waals surface area (Å²) >= 11 is 0. The molecule has 0 aliphatic carbocycles. The summed E-state index contributed by atoms with van der Waals surface area (Å²) in [5.74, 6) is -2.20. The number of aliphatic hydroxyl groups is 2. The van der Waals surface area contributed by atoms with Crippen molar-refractivity contribution in [1.29, 1.82) is 0 Å². The van der Waals surface area contributed by atoms with E-state index in [1.807, 2.05) is 0 Å². The molecule has 3 rings (SSSR count). The molecular formula is C14H23NO7. The molecule has 6 atom stereocenters. The minimum atomic E-state index is -1.22. The Morgan fingerprint density at radius 1 is 1.27 bits per heavy atom. The molecule has 3 saturated heterocycles. The van der Waals surface area contributed by atoms with Crippen molar-refractivity contribution in [2.45, 2.75) is 69.2 Å². The number of hydrogen-bond donors (Lipinski definition) is 3. The Kier molecular flexibility index (Phi) is 3.95. The van der Waals surface area contributed by atoms with Gasteiger partial charge in [0.15, 0.2) is 11.6 Å². The maximum Gasteiger partial charge on any atom is 0.217 e. The van der Waals surface area contributed by atoms with Crippen molar-refractivity contribution in [2.24, 2.45) is 0 Å². The number of carbonyl (C=O) groups is 1.